The Labute approximate surface area is 194 Å². The van der Waals surface area contributed by atoms with Gasteiger partial charge in [0.1, 0.15) is 0 Å². The molecule has 0 aliphatic carbocycles. The third kappa shape index (κ3) is 5.15. The maximum Gasteiger partial charge on any atom is 0.279 e. The quantitative estimate of drug-likeness (QED) is 0.437. The predicted molar refractivity (Wildman–Crippen MR) is 127 cm³/mol. The van der Waals surface area contributed by atoms with Crippen LogP contribution in [0.25, 0.3) is 10.2 Å². The zero-order chi connectivity index (χ0) is 22.6. The normalized spacial score (nSPS) is 12.4. The Hall–Kier alpha value is -2.25. The van der Waals surface area contributed by atoms with E-state index in [1.807, 2.05) is 29.7 Å². The fourth-order valence-corrected chi connectivity index (χ4v) is 5.77. The summed E-state index contributed by atoms with van der Waals surface area (Å²) < 4.78 is 30.3. The van der Waals surface area contributed by atoms with E-state index in [0.717, 1.165) is 27.5 Å². The molecule has 0 bridgehead atoms. The van der Waals surface area contributed by atoms with Gasteiger partial charge in [-0.15, -0.1) is 6.42 Å². The van der Waals surface area contributed by atoms with Gasteiger partial charge in [-0.3, -0.25) is 4.79 Å². The summed E-state index contributed by atoms with van der Waals surface area (Å²) in [4.78, 5) is 17.7. The van der Waals surface area contributed by atoms with Crippen LogP contribution in [0.1, 0.15) is 30.1 Å². The van der Waals surface area contributed by atoms with Gasteiger partial charge in [-0.1, -0.05) is 46.5 Å². The summed E-state index contributed by atoms with van der Waals surface area (Å²) in [5.74, 6) is 2.14. The summed E-state index contributed by atoms with van der Waals surface area (Å²) in [6.07, 6.45) is 7.19. The average molecular weight is 520 g/mol. The van der Waals surface area contributed by atoms with Crippen LogP contribution in [-0.4, -0.2) is 36.8 Å². The summed E-state index contributed by atoms with van der Waals surface area (Å²) in [7, 11) is -2.03. The summed E-state index contributed by atoms with van der Waals surface area (Å²) in [5, 5.41) is 0. The van der Waals surface area contributed by atoms with Crippen LogP contribution >= 0.6 is 27.3 Å². The number of benzene rings is 2. The van der Waals surface area contributed by atoms with Crippen LogP contribution < -0.4 is 4.80 Å². The van der Waals surface area contributed by atoms with Crippen molar-refractivity contribution < 1.29 is 13.2 Å². The number of nitrogens with zero attached hydrogens (tertiary/aromatic N) is 3. The first-order chi connectivity index (χ1) is 14.8. The van der Waals surface area contributed by atoms with E-state index in [0.29, 0.717) is 16.9 Å². The molecule has 2 aromatic carbocycles. The van der Waals surface area contributed by atoms with Crippen molar-refractivity contribution in [2.24, 2.45) is 4.99 Å². The van der Waals surface area contributed by atoms with E-state index < -0.39 is 15.9 Å². The molecule has 0 fully saturated rings. The Morgan fingerprint density at radius 1 is 1.26 bits per heavy atom. The zero-order valence-electron chi connectivity index (χ0n) is 17.2. The van der Waals surface area contributed by atoms with Crippen molar-refractivity contribution in [2.45, 2.75) is 31.2 Å². The number of hydrogen-bond acceptors (Lipinski definition) is 4. The molecule has 0 atom stereocenters. The van der Waals surface area contributed by atoms with Crippen molar-refractivity contribution >= 4 is 53.4 Å². The highest BCUT2D eigenvalue weighted by atomic mass is 79.9. The minimum absolute atomic E-state index is 0.150. The van der Waals surface area contributed by atoms with Gasteiger partial charge in [0.15, 0.2) is 4.80 Å². The first-order valence-corrected chi connectivity index (χ1v) is 12.7. The van der Waals surface area contributed by atoms with Crippen LogP contribution in [0.15, 0.2) is 56.8 Å². The maximum atomic E-state index is 12.8. The summed E-state index contributed by atoms with van der Waals surface area (Å²) in [5.41, 5.74) is 1.20. The molecule has 9 heteroatoms. The second-order valence-corrected chi connectivity index (χ2v) is 10.9. The minimum atomic E-state index is -3.59. The van der Waals surface area contributed by atoms with Crippen LogP contribution in [0.2, 0.25) is 0 Å². The van der Waals surface area contributed by atoms with Gasteiger partial charge in [0.05, 0.1) is 21.7 Å². The Bertz CT molecular complexity index is 1320. The molecular formula is C22H22BrN3O3S2. The monoisotopic (exact) mass is 519 g/mol. The molecule has 3 aromatic rings. The van der Waals surface area contributed by atoms with Crippen molar-refractivity contribution in [3.63, 3.8) is 0 Å². The largest absolute Gasteiger partial charge is 0.305 e. The van der Waals surface area contributed by atoms with E-state index in [-0.39, 0.29) is 11.4 Å². The number of hydrogen-bond donors (Lipinski definition) is 0. The molecule has 0 unspecified atom stereocenters. The number of thiazole rings is 1. The van der Waals surface area contributed by atoms with Gasteiger partial charge in [-0.2, -0.15) is 4.99 Å². The van der Waals surface area contributed by atoms with E-state index in [2.05, 4.69) is 26.8 Å². The molecule has 1 heterocycles. The van der Waals surface area contributed by atoms with Gasteiger partial charge in [-0.05, 0) is 48.9 Å². The molecular weight excluding hydrogens is 498 g/mol. The predicted octanol–water partition coefficient (Wildman–Crippen LogP) is 4.26. The molecule has 3 rings (SSSR count). The van der Waals surface area contributed by atoms with E-state index >= 15 is 0 Å². The number of halogens is 1. The highest BCUT2D eigenvalue weighted by molar-refractivity contribution is 9.10. The molecule has 0 aliphatic heterocycles. The Balaban J connectivity index is 1.93. The van der Waals surface area contributed by atoms with Gasteiger partial charge in [0.25, 0.3) is 5.91 Å². The molecule has 0 aliphatic rings. The van der Waals surface area contributed by atoms with Crippen LogP contribution in [0.4, 0.5) is 0 Å². The van der Waals surface area contributed by atoms with Crippen LogP contribution in [0, 0.1) is 12.3 Å². The van der Waals surface area contributed by atoms with E-state index in [1.54, 1.807) is 7.05 Å². The SMILES string of the molecule is C#CCn1c(=NC(=O)c2ccc(S(=O)(=O)N(C)CCCC)cc2)sc2cc(Br)ccc21. The Kier molecular flexibility index (Phi) is 7.49. The van der Waals surface area contributed by atoms with Crippen molar-refractivity contribution in [3.8, 4) is 12.3 Å². The second kappa shape index (κ2) is 9.92. The standard InChI is InChI=1S/C22H22BrN3O3S2/c1-4-6-14-25(3)31(28,29)18-10-7-16(8-11-18)21(27)24-22-26(13-5-2)19-12-9-17(23)15-20(19)30-22/h2,7-12,15H,4,6,13-14H2,1,3H3. The molecule has 6 nitrogen and oxygen atoms in total. The molecule has 0 saturated carbocycles. The number of unbranched alkanes of at least 4 members (excludes halogenated alkanes) is 1. The molecule has 162 valence electrons. The molecule has 0 spiro atoms. The molecule has 0 N–H and O–H groups in total. The van der Waals surface area contributed by atoms with Crippen molar-refractivity contribution in [3.05, 3.63) is 57.3 Å². The van der Waals surface area contributed by atoms with Crippen molar-refractivity contribution in [2.75, 3.05) is 13.6 Å². The van der Waals surface area contributed by atoms with Gasteiger partial charge in [-0.25, -0.2) is 12.7 Å². The number of fused-ring (bicyclic) bond motifs is 1. The maximum absolute atomic E-state index is 12.8. The van der Waals surface area contributed by atoms with Crippen LogP contribution in [0.3, 0.4) is 0 Å². The number of aromatic nitrogens is 1. The van der Waals surface area contributed by atoms with E-state index in [1.165, 1.54) is 39.9 Å². The number of rotatable bonds is 7. The first kappa shape index (κ1) is 23.4. The molecule has 1 aromatic heterocycles. The fraction of sp³-hybridized carbons (Fsp3) is 0.273. The highest BCUT2D eigenvalue weighted by Crippen LogP contribution is 2.22. The smallest absolute Gasteiger partial charge is 0.279 e. The summed E-state index contributed by atoms with van der Waals surface area (Å²) in [6.45, 7) is 2.74. The van der Waals surface area contributed by atoms with Crippen LogP contribution in [-0.2, 0) is 16.6 Å². The number of carbonyl (C=O) groups excluding carboxylic acids is 1. The molecule has 31 heavy (non-hydrogen) atoms. The van der Waals surface area contributed by atoms with Crippen molar-refractivity contribution in [1.82, 2.24) is 8.87 Å². The molecule has 0 saturated heterocycles. The third-order valence-corrected chi connectivity index (χ3v) is 8.13. The Morgan fingerprint density at radius 3 is 2.61 bits per heavy atom. The lowest BCUT2D eigenvalue weighted by Gasteiger charge is -2.16. The lowest BCUT2D eigenvalue weighted by Crippen LogP contribution is -2.27. The lowest BCUT2D eigenvalue weighted by atomic mass is 10.2. The summed E-state index contributed by atoms with van der Waals surface area (Å²) in [6, 6.07) is 11.6. The number of amides is 1. The van der Waals surface area contributed by atoms with Crippen molar-refractivity contribution in [1.29, 1.82) is 0 Å². The Morgan fingerprint density at radius 2 is 1.97 bits per heavy atom. The average Bonchev–Trinajstić information content (AvgIpc) is 3.08. The van der Waals surface area contributed by atoms with Gasteiger partial charge in [0, 0.05) is 23.6 Å². The van der Waals surface area contributed by atoms with Gasteiger partial charge >= 0.3 is 0 Å². The van der Waals surface area contributed by atoms with E-state index in [9.17, 15) is 13.2 Å². The van der Waals surface area contributed by atoms with Gasteiger partial charge in [0.2, 0.25) is 10.0 Å². The zero-order valence-corrected chi connectivity index (χ0v) is 20.4. The molecule has 1 amide bonds. The molecule has 0 radical (unpaired) electrons. The fourth-order valence-electron chi connectivity index (χ4n) is 2.98. The van der Waals surface area contributed by atoms with Gasteiger partial charge < -0.3 is 4.57 Å². The lowest BCUT2D eigenvalue weighted by molar-refractivity contribution is 0.0998. The number of terminal acetylenes is 1. The minimum Gasteiger partial charge on any atom is -0.305 e. The highest BCUT2D eigenvalue weighted by Gasteiger charge is 2.20. The summed E-state index contributed by atoms with van der Waals surface area (Å²) >= 11 is 4.81. The third-order valence-electron chi connectivity index (χ3n) is 4.73. The van der Waals surface area contributed by atoms with E-state index in [4.69, 9.17) is 6.42 Å². The number of carbonyl (C=O) groups is 1. The van der Waals surface area contributed by atoms with Crippen LogP contribution in [0.5, 0.6) is 0 Å². The number of sulfonamides is 1. The first-order valence-electron chi connectivity index (χ1n) is 9.65. The topological polar surface area (TPSA) is 71.7 Å². The second-order valence-electron chi connectivity index (χ2n) is 6.91.